The van der Waals surface area contributed by atoms with Crippen LogP contribution in [0.5, 0.6) is 0 Å². The summed E-state index contributed by atoms with van der Waals surface area (Å²) < 4.78 is 12.3. The normalized spacial score (nSPS) is 17.3. The molecular formula is C6H13FO2. The fraction of sp³-hybridized carbons (Fsp3) is 1.00. The molecule has 0 aliphatic rings. The number of alkyl halides is 1. The van der Waals surface area contributed by atoms with Gasteiger partial charge in [0.05, 0.1) is 6.10 Å². The van der Waals surface area contributed by atoms with Crippen molar-refractivity contribution in [2.75, 3.05) is 6.61 Å². The van der Waals surface area contributed by atoms with E-state index in [1.807, 2.05) is 0 Å². The number of aliphatic hydroxyl groups is 2. The molecule has 0 amide bonds. The van der Waals surface area contributed by atoms with E-state index < -0.39 is 12.3 Å². The van der Waals surface area contributed by atoms with Crippen molar-refractivity contribution in [1.29, 1.82) is 0 Å². The molecule has 0 aliphatic carbocycles. The van der Waals surface area contributed by atoms with Gasteiger partial charge in [0.25, 0.3) is 0 Å². The molecule has 0 aliphatic heterocycles. The molecule has 0 aromatic rings. The Kier molecular flexibility index (Phi) is 4.62. The lowest BCUT2D eigenvalue weighted by Gasteiger charge is -2.06. The SMILES string of the molecule is CC(O)CC(F)CCO. The summed E-state index contributed by atoms with van der Waals surface area (Å²) in [4.78, 5) is 0. The van der Waals surface area contributed by atoms with Crippen LogP contribution in [0.4, 0.5) is 4.39 Å². The van der Waals surface area contributed by atoms with Crippen molar-refractivity contribution in [3.05, 3.63) is 0 Å². The number of hydrogen-bond donors (Lipinski definition) is 2. The van der Waals surface area contributed by atoms with Gasteiger partial charge in [0.1, 0.15) is 6.17 Å². The zero-order chi connectivity index (χ0) is 7.28. The second-order valence-electron chi connectivity index (χ2n) is 2.19. The van der Waals surface area contributed by atoms with Gasteiger partial charge >= 0.3 is 0 Å². The maximum Gasteiger partial charge on any atom is 0.105 e. The van der Waals surface area contributed by atoms with Gasteiger partial charge in [-0.05, 0) is 6.92 Å². The van der Waals surface area contributed by atoms with Gasteiger partial charge < -0.3 is 10.2 Å². The highest BCUT2D eigenvalue weighted by Crippen LogP contribution is 2.05. The third kappa shape index (κ3) is 5.73. The highest BCUT2D eigenvalue weighted by atomic mass is 19.1. The molecule has 2 nitrogen and oxygen atoms in total. The fourth-order valence-corrected chi connectivity index (χ4v) is 0.628. The molecule has 56 valence electrons. The lowest BCUT2D eigenvalue weighted by Crippen LogP contribution is -2.11. The lowest BCUT2D eigenvalue weighted by atomic mass is 10.1. The summed E-state index contributed by atoms with van der Waals surface area (Å²) in [6.07, 6.45) is -1.41. The Labute approximate surface area is 54.3 Å². The number of rotatable bonds is 4. The molecule has 0 radical (unpaired) electrons. The molecule has 0 bridgehead atoms. The first-order chi connectivity index (χ1) is 4.16. The summed E-state index contributed by atoms with van der Waals surface area (Å²) in [7, 11) is 0. The molecular weight excluding hydrogens is 123 g/mol. The van der Waals surface area contributed by atoms with Crippen LogP contribution in [-0.4, -0.2) is 29.1 Å². The minimum Gasteiger partial charge on any atom is -0.396 e. The van der Waals surface area contributed by atoms with E-state index in [0.717, 1.165) is 0 Å². The first kappa shape index (κ1) is 8.85. The van der Waals surface area contributed by atoms with E-state index in [1.54, 1.807) is 0 Å². The first-order valence-corrected chi connectivity index (χ1v) is 3.09. The molecule has 2 unspecified atom stereocenters. The van der Waals surface area contributed by atoms with E-state index in [4.69, 9.17) is 10.2 Å². The van der Waals surface area contributed by atoms with Crippen molar-refractivity contribution in [3.63, 3.8) is 0 Å². The zero-order valence-corrected chi connectivity index (χ0v) is 5.55. The van der Waals surface area contributed by atoms with Gasteiger partial charge in [0, 0.05) is 19.4 Å². The largest absolute Gasteiger partial charge is 0.396 e. The monoisotopic (exact) mass is 136 g/mol. The Hall–Kier alpha value is -0.150. The highest BCUT2D eigenvalue weighted by molar-refractivity contribution is 4.58. The lowest BCUT2D eigenvalue weighted by molar-refractivity contribution is 0.125. The molecule has 0 spiro atoms. The number of hydrogen-bond acceptors (Lipinski definition) is 2. The Morgan fingerprint density at radius 1 is 1.56 bits per heavy atom. The van der Waals surface area contributed by atoms with Gasteiger partial charge in [-0.2, -0.15) is 0 Å². The molecule has 2 atom stereocenters. The van der Waals surface area contributed by atoms with Crippen LogP contribution in [0.3, 0.4) is 0 Å². The second-order valence-corrected chi connectivity index (χ2v) is 2.19. The first-order valence-electron chi connectivity index (χ1n) is 3.09. The van der Waals surface area contributed by atoms with E-state index >= 15 is 0 Å². The fourth-order valence-electron chi connectivity index (χ4n) is 0.628. The Balaban J connectivity index is 3.15. The molecule has 2 N–H and O–H groups in total. The van der Waals surface area contributed by atoms with Crippen LogP contribution in [0.1, 0.15) is 19.8 Å². The maximum absolute atomic E-state index is 12.3. The summed E-state index contributed by atoms with van der Waals surface area (Å²) in [5.41, 5.74) is 0. The van der Waals surface area contributed by atoms with E-state index in [2.05, 4.69) is 0 Å². The standard InChI is InChI=1S/C6H13FO2/c1-5(9)4-6(7)2-3-8/h5-6,8-9H,2-4H2,1H3. The Bertz CT molecular complexity index is 66.1. The van der Waals surface area contributed by atoms with Crippen molar-refractivity contribution in [2.24, 2.45) is 0 Å². The van der Waals surface area contributed by atoms with E-state index in [0.29, 0.717) is 0 Å². The van der Waals surface area contributed by atoms with Crippen molar-refractivity contribution in [3.8, 4) is 0 Å². The summed E-state index contributed by atoms with van der Waals surface area (Å²) in [5, 5.41) is 16.9. The van der Waals surface area contributed by atoms with Crippen molar-refractivity contribution >= 4 is 0 Å². The average Bonchev–Trinajstić information content (AvgIpc) is 1.63. The Morgan fingerprint density at radius 2 is 2.11 bits per heavy atom. The van der Waals surface area contributed by atoms with E-state index in [1.165, 1.54) is 6.92 Å². The summed E-state index contributed by atoms with van der Waals surface area (Å²) >= 11 is 0. The highest BCUT2D eigenvalue weighted by Gasteiger charge is 2.07. The molecule has 9 heavy (non-hydrogen) atoms. The molecule has 0 aromatic carbocycles. The van der Waals surface area contributed by atoms with E-state index in [-0.39, 0.29) is 19.4 Å². The third-order valence-corrected chi connectivity index (χ3v) is 1.04. The van der Waals surface area contributed by atoms with Crippen molar-refractivity contribution in [2.45, 2.75) is 32.0 Å². The van der Waals surface area contributed by atoms with Crippen LogP contribution in [0.15, 0.2) is 0 Å². The van der Waals surface area contributed by atoms with Crippen LogP contribution in [0.2, 0.25) is 0 Å². The maximum atomic E-state index is 12.3. The van der Waals surface area contributed by atoms with Crippen LogP contribution in [0, 0.1) is 0 Å². The van der Waals surface area contributed by atoms with Gasteiger partial charge in [-0.25, -0.2) is 4.39 Å². The van der Waals surface area contributed by atoms with Crippen molar-refractivity contribution in [1.82, 2.24) is 0 Å². The van der Waals surface area contributed by atoms with Crippen LogP contribution < -0.4 is 0 Å². The van der Waals surface area contributed by atoms with Crippen LogP contribution in [-0.2, 0) is 0 Å². The molecule has 0 heterocycles. The summed E-state index contributed by atoms with van der Waals surface area (Å²) in [6, 6.07) is 0. The third-order valence-electron chi connectivity index (χ3n) is 1.04. The molecule has 0 aromatic heterocycles. The predicted octanol–water partition coefficient (Wildman–Crippen LogP) is 0.478. The van der Waals surface area contributed by atoms with Crippen LogP contribution in [0.25, 0.3) is 0 Å². The van der Waals surface area contributed by atoms with Gasteiger partial charge in [0.2, 0.25) is 0 Å². The number of halogens is 1. The molecule has 0 saturated carbocycles. The topological polar surface area (TPSA) is 40.5 Å². The molecule has 3 heteroatoms. The van der Waals surface area contributed by atoms with Gasteiger partial charge in [-0.15, -0.1) is 0 Å². The van der Waals surface area contributed by atoms with Gasteiger partial charge in [-0.3, -0.25) is 0 Å². The molecule has 0 rings (SSSR count). The van der Waals surface area contributed by atoms with E-state index in [9.17, 15) is 4.39 Å². The zero-order valence-electron chi connectivity index (χ0n) is 5.55. The summed E-state index contributed by atoms with van der Waals surface area (Å²) in [5.74, 6) is 0. The van der Waals surface area contributed by atoms with Crippen LogP contribution >= 0.6 is 0 Å². The quantitative estimate of drug-likeness (QED) is 0.590. The Morgan fingerprint density at radius 3 is 2.44 bits per heavy atom. The second kappa shape index (κ2) is 4.70. The van der Waals surface area contributed by atoms with Gasteiger partial charge in [-0.1, -0.05) is 0 Å². The summed E-state index contributed by atoms with van der Waals surface area (Å²) in [6.45, 7) is 1.39. The predicted molar refractivity (Wildman–Crippen MR) is 32.9 cm³/mol. The molecule has 0 fully saturated rings. The average molecular weight is 136 g/mol. The minimum absolute atomic E-state index is 0.126. The smallest absolute Gasteiger partial charge is 0.105 e. The number of aliphatic hydroxyl groups excluding tert-OH is 2. The molecule has 0 saturated heterocycles. The van der Waals surface area contributed by atoms with Crippen molar-refractivity contribution < 1.29 is 14.6 Å². The minimum atomic E-state index is -1.06. The van der Waals surface area contributed by atoms with Gasteiger partial charge in [0.15, 0.2) is 0 Å².